The van der Waals surface area contributed by atoms with Crippen LogP contribution in [-0.4, -0.2) is 22.1 Å². The van der Waals surface area contributed by atoms with Gasteiger partial charge < -0.3 is 9.67 Å². The van der Waals surface area contributed by atoms with Gasteiger partial charge in [-0.05, 0) is 38.1 Å². The highest BCUT2D eigenvalue weighted by atomic mass is 32.2. The molecule has 0 bridgehead atoms. The van der Waals surface area contributed by atoms with Gasteiger partial charge in [0.1, 0.15) is 5.60 Å². The van der Waals surface area contributed by atoms with Crippen LogP contribution in [0.15, 0.2) is 78.7 Å². The number of rotatable bonds is 5. The van der Waals surface area contributed by atoms with E-state index in [2.05, 4.69) is 6.58 Å². The second-order valence-electron chi connectivity index (χ2n) is 6.18. The van der Waals surface area contributed by atoms with E-state index in [0.29, 0.717) is 11.3 Å². The largest absolute Gasteiger partial charge is 0.381 e. The molecule has 0 aliphatic rings. The van der Waals surface area contributed by atoms with Crippen LogP contribution in [0.4, 0.5) is 0 Å². The molecule has 0 amide bonds. The van der Waals surface area contributed by atoms with Crippen molar-refractivity contribution in [3.05, 3.63) is 85.0 Å². The van der Waals surface area contributed by atoms with E-state index in [4.69, 9.17) is 0 Å². The Bertz CT molecular complexity index is 1010. The van der Waals surface area contributed by atoms with E-state index in [9.17, 15) is 13.5 Å². The molecule has 5 nitrogen and oxygen atoms in total. The number of nitrogens with zero attached hydrogens (tertiary/aromatic N) is 2. The van der Waals surface area contributed by atoms with Crippen LogP contribution >= 0.6 is 0 Å². The van der Waals surface area contributed by atoms with Gasteiger partial charge >= 0.3 is 0 Å². The van der Waals surface area contributed by atoms with Crippen molar-refractivity contribution in [2.45, 2.75) is 24.3 Å². The van der Waals surface area contributed by atoms with Crippen LogP contribution in [0.3, 0.4) is 0 Å². The second kappa shape index (κ2) is 6.06. The molecule has 0 aliphatic carbocycles. The number of hydrogen-bond donors (Lipinski definition) is 1. The van der Waals surface area contributed by atoms with E-state index in [1.165, 1.54) is 16.2 Å². The third-order valence-electron chi connectivity index (χ3n) is 4.22. The van der Waals surface area contributed by atoms with E-state index in [1.54, 1.807) is 66.5 Å². The van der Waals surface area contributed by atoms with Gasteiger partial charge in [-0.3, -0.25) is 0 Å². The fraction of sp³-hybridized carbons (Fsp3) is 0.158. The van der Waals surface area contributed by atoms with E-state index in [0.717, 1.165) is 5.56 Å². The number of aliphatic hydroxyl groups is 1. The van der Waals surface area contributed by atoms with Gasteiger partial charge in [-0.15, -0.1) is 0 Å². The fourth-order valence-electron chi connectivity index (χ4n) is 2.47. The van der Waals surface area contributed by atoms with Crippen molar-refractivity contribution in [2.75, 3.05) is 0 Å². The molecule has 0 fully saturated rings. The molecular formula is C19H20N2O3S. The number of aromatic nitrogens is 2. The van der Waals surface area contributed by atoms with E-state index in [1.807, 2.05) is 6.92 Å². The molecule has 2 heterocycles. The predicted molar refractivity (Wildman–Crippen MR) is 97.3 cm³/mol. The molecule has 0 saturated heterocycles. The van der Waals surface area contributed by atoms with Gasteiger partial charge in [0.25, 0.3) is 10.0 Å². The molecule has 1 unspecified atom stereocenters. The summed E-state index contributed by atoms with van der Waals surface area (Å²) < 4.78 is 28.4. The highest BCUT2D eigenvalue weighted by molar-refractivity contribution is 7.90. The van der Waals surface area contributed by atoms with Crippen LogP contribution in [0, 0.1) is 6.92 Å². The van der Waals surface area contributed by atoms with Crippen molar-refractivity contribution in [2.24, 2.45) is 0 Å². The minimum Gasteiger partial charge on any atom is -0.381 e. The zero-order valence-corrected chi connectivity index (χ0v) is 14.9. The summed E-state index contributed by atoms with van der Waals surface area (Å²) >= 11 is 0. The first kappa shape index (κ1) is 17.3. The molecule has 25 heavy (non-hydrogen) atoms. The lowest BCUT2D eigenvalue weighted by Gasteiger charge is -2.16. The van der Waals surface area contributed by atoms with Gasteiger partial charge in [-0.25, -0.2) is 12.4 Å². The minimum atomic E-state index is -3.63. The molecule has 3 aromatic rings. The summed E-state index contributed by atoms with van der Waals surface area (Å²) in [7, 11) is -3.63. The zero-order chi connectivity index (χ0) is 18.2. The molecule has 1 aromatic carbocycles. The summed E-state index contributed by atoms with van der Waals surface area (Å²) in [6.07, 6.45) is 8.03. The SMILES string of the molecule is C=CC(C)(O)c1ccn(-c2ccn(S(=O)(=O)c3ccc(C)cc3)c2)c1. The molecule has 0 spiro atoms. The van der Waals surface area contributed by atoms with Gasteiger partial charge in [0, 0.05) is 30.4 Å². The summed E-state index contributed by atoms with van der Waals surface area (Å²) in [6, 6.07) is 10.2. The third-order valence-corrected chi connectivity index (χ3v) is 5.87. The Kier molecular flexibility index (Phi) is 4.18. The summed E-state index contributed by atoms with van der Waals surface area (Å²) in [5.74, 6) is 0. The Morgan fingerprint density at radius 1 is 1.08 bits per heavy atom. The van der Waals surface area contributed by atoms with Gasteiger partial charge in [0.15, 0.2) is 0 Å². The number of aryl methyl sites for hydroxylation is 1. The number of benzene rings is 1. The predicted octanol–water partition coefficient (Wildman–Crippen LogP) is 3.22. The lowest BCUT2D eigenvalue weighted by molar-refractivity contribution is 0.112. The lowest BCUT2D eigenvalue weighted by atomic mass is 10.00. The standard InChI is InChI=1S/C19H20N2O3S/c1-4-19(3,22)16-9-11-20(13-16)17-10-12-21(14-17)25(23,24)18-7-5-15(2)6-8-18/h4-14,22H,1H2,2-3H3. The average molecular weight is 356 g/mol. The van der Waals surface area contributed by atoms with Crippen LogP contribution in [0.5, 0.6) is 0 Å². The van der Waals surface area contributed by atoms with Crippen LogP contribution in [0.2, 0.25) is 0 Å². The normalized spacial score (nSPS) is 14.2. The Labute approximate surface area is 147 Å². The van der Waals surface area contributed by atoms with Gasteiger partial charge in [0.05, 0.1) is 10.6 Å². The Morgan fingerprint density at radius 2 is 1.76 bits per heavy atom. The van der Waals surface area contributed by atoms with Crippen LogP contribution in [0.1, 0.15) is 18.1 Å². The first-order valence-electron chi connectivity index (χ1n) is 7.79. The van der Waals surface area contributed by atoms with Crippen molar-refractivity contribution in [3.63, 3.8) is 0 Å². The topological polar surface area (TPSA) is 64.2 Å². The Balaban J connectivity index is 1.95. The molecule has 0 radical (unpaired) electrons. The smallest absolute Gasteiger partial charge is 0.267 e. The summed E-state index contributed by atoms with van der Waals surface area (Å²) in [5, 5.41) is 10.2. The van der Waals surface area contributed by atoms with Crippen LogP contribution < -0.4 is 0 Å². The molecule has 0 saturated carbocycles. The van der Waals surface area contributed by atoms with Crippen molar-refractivity contribution >= 4 is 10.0 Å². The highest BCUT2D eigenvalue weighted by Gasteiger charge is 2.21. The third kappa shape index (κ3) is 3.18. The summed E-state index contributed by atoms with van der Waals surface area (Å²) in [4.78, 5) is 0.239. The van der Waals surface area contributed by atoms with Crippen LogP contribution in [-0.2, 0) is 15.6 Å². The Morgan fingerprint density at radius 3 is 2.40 bits per heavy atom. The van der Waals surface area contributed by atoms with Gasteiger partial charge in [-0.2, -0.15) is 0 Å². The first-order chi connectivity index (χ1) is 11.7. The van der Waals surface area contributed by atoms with Crippen molar-refractivity contribution in [3.8, 4) is 5.69 Å². The van der Waals surface area contributed by atoms with Gasteiger partial charge in [-0.1, -0.05) is 30.4 Å². The maximum absolute atomic E-state index is 12.7. The van der Waals surface area contributed by atoms with Gasteiger partial charge in [0.2, 0.25) is 0 Å². The average Bonchev–Trinajstić information content (AvgIpc) is 3.25. The lowest BCUT2D eigenvalue weighted by Crippen LogP contribution is -2.16. The number of hydrogen-bond acceptors (Lipinski definition) is 3. The molecular weight excluding hydrogens is 336 g/mol. The molecule has 2 aromatic heterocycles. The summed E-state index contributed by atoms with van der Waals surface area (Å²) in [6.45, 7) is 7.18. The molecule has 130 valence electrons. The molecule has 0 aliphatic heterocycles. The maximum Gasteiger partial charge on any atom is 0.267 e. The zero-order valence-electron chi connectivity index (χ0n) is 14.1. The second-order valence-corrected chi connectivity index (χ2v) is 8.02. The highest BCUT2D eigenvalue weighted by Crippen LogP contribution is 2.24. The van der Waals surface area contributed by atoms with Crippen LogP contribution in [0.25, 0.3) is 5.69 Å². The Hall–Kier alpha value is -2.57. The molecule has 1 N–H and O–H groups in total. The quantitative estimate of drug-likeness (QED) is 0.714. The molecule has 3 rings (SSSR count). The van der Waals surface area contributed by atoms with E-state index >= 15 is 0 Å². The first-order valence-corrected chi connectivity index (χ1v) is 9.23. The van der Waals surface area contributed by atoms with E-state index < -0.39 is 15.6 Å². The summed E-state index contributed by atoms with van der Waals surface area (Å²) in [5.41, 5.74) is 1.22. The molecule has 6 heteroatoms. The monoisotopic (exact) mass is 356 g/mol. The molecule has 1 atom stereocenters. The van der Waals surface area contributed by atoms with Crippen molar-refractivity contribution in [1.29, 1.82) is 0 Å². The fourth-order valence-corrected chi connectivity index (χ4v) is 3.67. The van der Waals surface area contributed by atoms with Crippen molar-refractivity contribution < 1.29 is 13.5 Å². The van der Waals surface area contributed by atoms with Crippen molar-refractivity contribution in [1.82, 2.24) is 8.54 Å². The van der Waals surface area contributed by atoms with E-state index in [-0.39, 0.29) is 4.90 Å². The minimum absolute atomic E-state index is 0.239. The maximum atomic E-state index is 12.7.